The van der Waals surface area contributed by atoms with Crippen LogP contribution >= 0.6 is 0 Å². The molecule has 0 amide bonds. The van der Waals surface area contributed by atoms with Crippen molar-refractivity contribution < 1.29 is 0 Å². The lowest BCUT2D eigenvalue weighted by Gasteiger charge is -2.22. The molecule has 0 radical (unpaired) electrons. The van der Waals surface area contributed by atoms with E-state index in [0.717, 1.165) is 5.92 Å². The summed E-state index contributed by atoms with van der Waals surface area (Å²) in [5.74, 6) is 0.728. The zero-order valence-electron chi connectivity index (χ0n) is 11.9. The molecule has 0 bridgehead atoms. The Hall–Kier alpha value is -1.57. The molecule has 0 unspecified atom stereocenters. The summed E-state index contributed by atoms with van der Waals surface area (Å²) in [5.41, 5.74) is 5.22. The van der Waals surface area contributed by atoms with Crippen LogP contribution in [0.1, 0.15) is 55.0 Å². The molecular weight excluding hydrogens is 232 g/mol. The minimum Gasteiger partial charge on any atom is -0.238 e. The number of rotatable bonds is 2. The summed E-state index contributed by atoms with van der Waals surface area (Å²) in [4.78, 5) is 0. The fraction of sp³-hybridized carbons (Fsp3) is 0.471. The minimum absolute atomic E-state index is 0.728. The zero-order chi connectivity index (χ0) is 13.2. The Bertz CT molecular complexity index is 548. The maximum absolute atomic E-state index is 4.77. The number of aromatic nitrogens is 2. The van der Waals surface area contributed by atoms with Crippen LogP contribution in [0.25, 0.3) is 5.69 Å². The molecule has 0 aliphatic heterocycles. The average Bonchev–Trinajstić information content (AvgIpc) is 2.76. The summed E-state index contributed by atoms with van der Waals surface area (Å²) in [5, 5.41) is 4.77. The number of hydrogen-bond acceptors (Lipinski definition) is 1. The molecule has 19 heavy (non-hydrogen) atoms. The van der Waals surface area contributed by atoms with Crippen LogP contribution in [0.4, 0.5) is 0 Å². The molecule has 2 heteroatoms. The van der Waals surface area contributed by atoms with E-state index in [1.165, 1.54) is 54.7 Å². The lowest BCUT2D eigenvalue weighted by Crippen LogP contribution is -2.07. The molecule has 1 aliphatic rings. The number of para-hydroxylation sites is 1. The monoisotopic (exact) mass is 254 g/mol. The normalized spacial score (nSPS) is 16.7. The van der Waals surface area contributed by atoms with Crippen molar-refractivity contribution in [3.63, 3.8) is 0 Å². The Labute approximate surface area is 115 Å². The predicted molar refractivity (Wildman–Crippen MR) is 78.9 cm³/mol. The fourth-order valence-electron chi connectivity index (χ4n) is 3.46. The third-order valence-corrected chi connectivity index (χ3v) is 4.36. The van der Waals surface area contributed by atoms with Gasteiger partial charge >= 0.3 is 0 Å². The first-order valence-corrected chi connectivity index (χ1v) is 7.39. The maximum Gasteiger partial charge on any atom is 0.0648 e. The third-order valence-electron chi connectivity index (χ3n) is 4.36. The molecule has 1 aromatic carbocycles. The van der Waals surface area contributed by atoms with Gasteiger partial charge < -0.3 is 0 Å². The van der Waals surface area contributed by atoms with Crippen molar-refractivity contribution in [3.05, 3.63) is 47.3 Å². The minimum atomic E-state index is 0.728. The molecule has 1 saturated carbocycles. The number of hydrogen-bond donors (Lipinski definition) is 0. The van der Waals surface area contributed by atoms with Crippen LogP contribution in [0.2, 0.25) is 0 Å². The standard InChI is InChI=1S/C17H22N2/c1-13-17(15-9-5-3-6-10-15)14(2)19(18-13)16-11-7-4-8-12-16/h4,7-8,11-12,15H,3,5-6,9-10H2,1-2H3. The molecule has 1 aliphatic carbocycles. The fourth-order valence-corrected chi connectivity index (χ4v) is 3.46. The van der Waals surface area contributed by atoms with Crippen molar-refractivity contribution in [2.75, 3.05) is 0 Å². The Balaban J connectivity index is 2.00. The van der Waals surface area contributed by atoms with E-state index in [-0.39, 0.29) is 0 Å². The van der Waals surface area contributed by atoms with Crippen molar-refractivity contribution in [1.82, 2.24) is 9.78 Å². The van der Waals surface area contributed by atoms with Gasteiger partial charge in [-0.05, 0) is 50.3 Å². The number of benzene rings is 1. The van der Waals surface area contributed by atoms with Crippen molar-refractivity contribution in [3.8, 4) is 5.69 Å². The van der Waals surface area contributed by atoms with Gasteiger partial charge in [-0.1, -0.05) is 37.5 Å². The van der Waals surface area contributed by atoms with E-state index in [9.17, 15) is 0 Å². The van der Waals surface area contributed by atoms with Gasteiger partial charge in [-0.3, -0.25) is 0 Å². The smallest absolute Gasteiger partial charge is 0.0648 e. The molecule has 2 nitrogen and oxygen atoms in total. The van der Waals surface area contributed by atoms with E-state index in [0.29, 0.717) is 0 Å². The Kier molecular flexibility index (Phi) is 3.41. The highest BCUT2D eigenvalue weighted by atomic mass is 15.3. The van der Waals surface area contributed by atoms with Gasteiger partial charge in [-0.15, -0.1) is 0 Å². The summed E-state index contributed by atoms with van der Waals surface area (Å²) in [6.45, 7) is 4.38. The molecule has 0 atom stereocenters. The SMILES string of the molecule is Cc1nn(-c2ccccc2)c(C)c1C1CCCCC1. The van der Waals surface area contributed by atoms with Crippen LogP contribution in [-0.4, -0.2) is 9.78 Å². The molecule has 2 aromatic rings. The molecule has 1 fully saturated rings. The highest BCUT2D eigenvalue weighted by molar-refractivity contribution is 5.38. The van der Waals surface area contributed by atoms with Gasteiger partial charge in [0.15, 0.2) is 0 Å². The van der Waals surface area contributed by atoms with Crippen LogP contribution in [0, 0.1) is 13.8 Å². The molecule has 1 aromatic heterocycles. The Morgan fingerprint density at radius 3 is 2.37 bits per heavy atom. The molecule has 100 valence electrons. The van der Waals surface area contributed by atoms with Gasteiger partial charge in [0.05, 0.1) is 11.4 Å². The van der Waals surface area contributed by atoms with E-state index < -0.39 is 0 Å². The molecule has 0 N–H and O–H groups in total. The Morgan fingerprint density at radius 1 is 1.00 bits per heavy atom. The summed E-state index contributed by atoms with van der Waals surface area (Å²) in [6, 6.07) is 10.5. The summed E-state index contributed by atoms with van der Waals surface area (Å²) < 4.78 is 2.11. The van der Waals surface area contributed by atoms with Crippen LogP contribution in [0.3, 0.4) is 0 Å². The second kappa shape index (κ2) is 5.20. The second-order valence-corrected chi connectivity index (χ2v) is 5.67. The van der Waals surface area contributed by atoms with Gasteiger partial charge in [-0.25, -0.2) is 4.68 Å². The van der Waals surface area contributed by atoms with Crippen LogP contribution < -0.4 is 0 Å². The van der Waals surface area contributed by atoms with Gasteiger partial charge in [0, 0.05) is 5.69 Å². The number of aryl methyl sites for hydroxylation is 1. The number of nitrogens with zero attached hydrogens (tertiary/aromatic N) is 2. The largest absolute Gasteiger partial charge is 0.238 e. The predicted octanol–water partition coefficient (Wildman–Crippen LogP) is 4.54. The summed E-state index contributed by atoms with van der Waals surface area (Å²) >= 11 is 0. The first-order chi connectivity index (χ1) is 9.27. The van der Waals surface area contributed by atoms with Gasteiger partial charge in [0.25, 0.3) is 0 Å². The van der Waals surface area contributed by atoms with E-state index >= 15 is 0 Å². The van der Waals surface area contributed by atoms with Crippen LogP contribution in [0.5, 0.6) is 0 Å². The highest BCUT2D eigenvalue weighted by Gasteiger charge is 2.23. The first-order valence-electron chi connectivity index (χ1n) is 7.39. The van der Waals surface area contributed by atoms with Crippen molar-refractivity contribution in [1.29, 1.82) is 0 Å². The topological polar surface area (TPSA) is 17.8 Å². The summed E-state index contributed by atoms with van der Waals surface area (Å²) in [7, 11) is 0. The third kappa shape index (κ3) is 2.32. The lowest BCUT2D eigenvalue weighted by molar-refractivity contribution is 0.441. The van der Waals surface area contributed by atoms with Gasteiger partial charge in [-0.2, -0.15) is 5.10 Å². The maximum atomic E-state index is 4.77. The van der Waals surface area contributed by atoms with E-state index in [1.54, 1.807) is 0 Å². The zero-order valence-corrected chi connectivity index (χ0v) is 11.9. The van der Waals surface area contributed by atoms with E-state index in [1.807, 2.05) is 0 Å². The van der Waals surface area contributed by atoms with E-state index in [2.05, 4.69) is 48.9 Å². The lowest BCUT2D eigenvalue weighted by atomic mass is 9.83. The van der Waals surface area contributed by atoms with Gasteiger partial charge in [0.1, 0.15) is 0 Å². The summed E-state index contributed by atoms with van der Waals surface area (Å²) in [6.07, 6.45) is 6.83. The van der Waals surface area contributed by atoms with Gasteiger partial charge in [0.2, 0.25) is 0 Å². The molecular formula is C17H22N2. The van der Waals surface area contributed by atoms with E-state index in [4.69, 9.17) is 5.10 Å². The molecule has 0 spiro atoms. The molecule has 1 heterocycles. The van der Waals surface area contributed by atoms with Crippen molar-refractivity contribution in [2.45, 2.75) is 51.9 Å². The van der Waals surface area contributed by atoms with Crippen molar-refractivity contribution >= 4 is 0 Å². The van der Waals surface area contributed by atoms with Crippen LogP contribution in [-0.2, 0) is 0 Å². The first kappa shape index (κ1) is 12.5. The second-order valence-electron chi connectivity index (χ2n) is 5.67. The average molecular weight is 254 g/mol. The molecule has 0 saturated heterocycles. The molecule has 3 rings (SSSR count). The highest BCUT2D eigenvalue weighted by Crippen LogP contribution is 2.36. The van der Waals surface area contributed by atoms with Crippen LogP contribution in [0.15, 0.2) is 30.3 Å². The Morgan fingerprint density at radius 2 is 1.68 bits per heavy atom. The quantitative estimate of drug-likeness (QED) is 0.769. The van der Waals surface area contributed by atoms with Crippen molar-refractivity contribution in [2.24, 2.45) is 0 Å².